The van der Waals surface area contributed by atoms with E-state index in [-0.39, 0.29) is 5.91 Å². The van der Waals surface area contributed by atoms with Gasteiger partial charge in [0.1, 0.15) is 12.4 Å². The first-order chi connectivity index (χ1) is 16.2. The van der Waals surface area contributed by atoms with Crippen LogP contribution in [0.3, 0.4) is 0 Å². The van der Waals surface area contributed by atoms with E-state index in [4.69, 9.17) is 9.47 Å². The van der Waals surface area contributed by atoms with Crippen molar-refractivity contribution in [3.05, 3.63) is 65.2 Å². The van der Waals surface area contributed by atoms with Crippen molar-refractivity contribution in [2.24, 2.45) is 0 Å². The number of benzene rings is 2. The fraction of sp³-hybridized carbons (Fsp3) is 0.519. The van der Waals surface area contributed by atoms with Gasteiger partial charge in [0.15, 0.2) is 0 Å². The largest absolute Gasteiger partial charge is 0.491 e. The van der Waals surface area contributed by atoms with Crippen molar-refractivity contribution in [2.75, 3.05) is 59.1 Å². The Morgan fingerprint density at radius 1 is 0.879 bits per heavy atom. The summed E-state index contributed by atoms with van der Waals surface area (Å²) in [4.78, 5) is 19.9. The van der Waals surface area contributed by atoms with Crippen LogP contribution in [0.4, 0.5) is 0 Å². The average Bonchev–Trinajstić information content (AvgIpc) is 3.08. The molecule has 0 atom stereocenters. The van der Waals surface area contributed by atoms with Crippen LogP contribution < -0.4 is 4.74 Å². The Labute approximate surface area is 197 Å². The maximum absolute atomic E-state index is 13.2. The smallest absolute Gasteiger partial charge is 0.237 e. The molecule has 0 aliphatic carbocycles. The van der Waals surface area contributed by atoms with Gasteiger partial charge in [-0.15, -0.1) is 0 Å². The van der Waals surface area contributed by atoms with Gasteiger partial charge in [0, 0.05) is 31.7 Å². The Bertz CT molecular complexity index is 921. The van der Waals surface area contributed by atoms with Gasteiger partial charge >= 0.3 is 0 Å². The first-order valence-electron chi connectivity index (χ1n) is 12.3. The molecule has 2 aromatic rings. The molecule has 6 nitrogen and oxygen atoms in total. The number of carbonyl (C=O) groups is 1. The molecule has 6 heteroatoms. The number of amides is 1. The fourth-order valence-electron chi connectivity index (χ4n) is 5.22. The third-order valence-corrected chi connectivity index (χ3v) is 7.18. The molecule has 2 saturated heterocycles. The van der Waals surface area contributed by atoms with E-state index in [0.29, 0.717) is 32.2 Å². The number of piperidine rings is 1. The molecule has 0 spiro atoms. The number of hydrogen-bond donors (Lipinski definition) is 0. The molecular formula is C27H35N3O3. The Morgan fingerprint density at radius 2 is 1.67 bits per heavy atom. The van der Waals surface area contributed by atoms with Crippen molar-refractivity contribution < 1.29 is 14.3 Å². The molecule has 5 rings (SSSR count). The van der Waals surface area contributed by atoms with Crippen LogP contribution in [0.25, 0.3) is 0 Å². The molecule has 2 fully saturated rings. The van der Waals surface area contributed by atoms with E-state index in [1.807, 2.05) is 4.90 Å². The van der Waals surface area contributed by atoms with Gasteiger partial charge in [-0.2, -0.15) is 0 Å². The van der Waals surface area contributed by atoms with Gasteiger partial charge < -0.3 is 14.4 Å². The summed E-state index contributed by atoms with van der Waals surface area (Å²) in [6.07, 6.45) is 2.24. The van der Waals surface area contributed by atoms with Crippen LogP contribution in [0.5, 0.6) is 5.75 Å². The Morgan fingerprint density at radius 3 is 2.45 bits per heavy atom. The van der Waals surface area contributed by atoms with Crippen LogP contribution in [0.2, 0.25) is 0 Å². The lowest BCUT2D eigenvalue weighted by Crippen LogP contribution is -2.43. The van der Waals surface area contributed by atoms with Gasteiger partial charge in [-0.3, -0.25) is 14.6 Å². The fourth-order valence-corrected chi connectivity index (χ4v) is 5.22. The minimum absolute atomic E-state index is 0.211. The standard InChI is InChI=1S/C27H35N3O3/c31-27(21-28-10-8-24(9-11-28)23-4-2-1-3-5-23)30-14-17-33-26-7-6-22(18-25(26)20-30)19-29-12-15-32-16-13-29/h1-7,18,24H,8-17,19-21H2. The lowest BCUT2D eigenvalue weighted by Gasteiger charge is -2.33. The predicted octanol–water partition coefficient (Wildman–Crippen LogP) is 3.12. The molecule has 176 valence electrons. The molecule has 2 aromatic carbocycles. The second kappa shape index (κ2) is 10.7. The van der Waals surface area contributed by atoms with Crippen LogP contribution in [-0.2, 0) is 22.6 Å². The second-order valence-electron chi connectivity index (χ2n) is 9.46. The van der Waals surface area contributed by atoms with E-state index in [1.54, 1.807) is 0 Å². The van der Waals surface area contributed by atoms with E-state index in [0.717, 1.165) is 70.1 Å². The quantitative estimate of drug-likeness (QED) is 0.702. The van der Waals surface area contributed by atoms with Crippen LogP contribution in [0.1, 0.15) is 35.4 Å². The van der Waals surface area contributed by atoms with E-state index in [2.05, 4.69) is 58.3 Å². The maximum atomic E-state index is 13.2. The van der Waals surface area contributed by atoms with Gasteiger partial charge in [0.2, 0.25) is 5.91 Å². The Balaban J connectivity index is 1.16. The average molecular weight is 450 g/mol. The van der Waals surface area contributed by atoms with Crippen molar-refractivity contribution in [1.82, 2.24) is 14.7 Å². The van der Waals surface area contributed by atoms with Crippen molar-refractivity contribution in [2.45, 2.75) is 31.8 Å². The second-order valence-corrected chi connectivity index (χ2v) is 9.46. The lowest BCUT2D eigenvalue weighted by atomic mass is 9.89. The number of rotatable bonds is 5. The highest BCUT2D eigenvalue weighted by atomic mass is 16.5. The van der Waals surface area contributed by atoms with Gasteiger partial charge in [-0.1, -0.05) is 36.4 Å². The van der Waals surface area contributed by atoms with Crippen molar-refractivity contribution >= 4 is 5.91 Å². The highest BCUT2D eigenvalue weighted by Crippen LogP contribution is 2.28. The predicted molar refractivity (Wildman–Crippen MR) is 128 cm³/mol. The molecular weight excluding hydrogens is 414 g/mol. The maximum Gasteiger partial charge on any atom is 0.237 e. The van der Waals surface area contributed by atoms with Crippen molar-refractivity contribution in [3.8, 4) is 5.75 Å². The summed E-state index contributed by atoms with van der Waals surface area (Å²) in [7, 11) is 0. The molecule has 3 heterocycles. The minimum Gasteiger partial charge on any atom is -0.491 e. The monoisotopic (exact) mass is 449 g/mol. The van der Waals surface area contributed by atoms with Crippen LogP contribution in [0, 0.1) is 0 Å². The molecule has 1 amide bonds. The zero-order valence-electron chi connectivity index (χ0n) is 19.5. The van der Waals surface area contributed by atoms with Crippen LogP contribution in [-0.4, -0.2) is 79.7 Å². The van der Waals surface area contributed by atoms with E-state index in [1.165, 1.54) is 11.1 Å². The molecule has 33 heavy (non-hydrogen) atoms. The van der Waals surface area contributed by atoms with Crippen LogP contribution in [0.15, 0.2) is 48.5 Å². The summed E-state index contributed by atoms with van der Waals surface area (Å²) < 4.78 is 11.5. The lowest BCUT2D eigenvalue weighted by molar-refractivity contribution is -0.133. The highest BCUT2D eigenvalue weighted by molar-refractivity contribution is 5.78. The minimum atomic E-state index is 0.211. The molecule has 0 saturated carbocycles. The molecule has 3 aliphatic heterocycles. The number of morpholine rings is 1. The summed E-state index contributed by atoms with van der Waals surface area (Å²) in [5, 5.41) is 0. The molecule has 0 unspecified atom stereocenters. The molecule has 0 N–H and O–H groups in total. The summed E-state index contributed by atoms with van der Waals surface area (Å²) in [6, 6.07) is 17.2. The summed E-state index contributed by atoms with van der Waals surface area (Å²) in [6.45, 7) is 8.77. The van der Waals surface area contributed by atoms with E-state index < -0.39 is 0 Å². The molecule has 3 aliphatic rings. The normalized spacial score (nSPS) is 20.7. The number of likely N-dealkylation sites (tertiary alicyclic amines) is 1. The highest BCUT2D eigenvalue weighted by Gasteiger charge is 2.26. The third kappa shape index (κ3) is 5.75. The van der Waals surface area contributed by atoms with Gasteiger partial charge in [0.05, 0.1) is 26.3 Å². The zero-order chi connectivity index (χ0) is 22.5. The first kappa shape index (κ1) is 22.4. The third-order valence-electron chi connectivity index (χ3n) is 7.18. The van der Waals surface area contributed by atoms with Crippen molar-refractivity contribution in [1.29, 1.82) is 0 Å². The van der Waals surface area contributed by atoms with Crippen LogP contribution >= 0.6 is 0 Å². The Hall–Kier alpha value is -2.41. The van der Waals surface area contributed by atoms with Gasteiger partial charge in [-0.05, 0) is 55.1 Å². The number of nitrogens with zero attached hydrogens (tertiary/aromatic N) is 3. The summed E-state index contributed by atoms with van der Waals surface area (Å²) in [5.41, 5.74) is 3.82. The number of fused-ring (bicyclic) bond motifs is 1. The number of carbonyl (C=O) groups excluding carboxylic acids is 1. The SMILES string of the molecule is O=C(CN1CCC(c2ccccc2)CC1)N1CCOc2ccc(CN3CCOCC3)cc2C1. The van der Waals surface area contributed by atoms with Gasteiger partial charge in [-0.25, -0.2) is 0 Å². The number of ether oxygens (including phenoxy) is 2. The van der Waals surface area contributed by atoms with E-state index >= 15 is 0 Å². The first-order valence-corrected chi connectivity index (χ1v) is 12.3. The molecule has 0 radical (unpaired) electrons. The topological polar surface area (TPSA) is 45.2 Å². The van der Waals surface area contributed by atoms with Crippen molar-refractivity contribution in [3.63, 3.8) is 0 Å². The van der Waals surface area contributed by atoms with Gasteiger partial charge in [0.25, 0.3) is 0 Å². The number of hydrogen-bond acceptors (Lipinski definition) is 5. The summed E-state index contributed by atoms with van der Waals surface area (Å²) >= 11 is 0. The Kier molecular flexibility index (Phi) is 7.24. The summed E-state index contributed by atoms with van der Waals surface area (Å²) in [5.74, 6) is 1.74. The molecule has 0 bridgehead atoms. The molecule has 0 aromatic heterocycles. The zero-order valence-corrected chi connectivity index (χ0v) is 19.5. The van der Waals surface area contributed by atoms with E-state index in [9.17, 15) is 4.79 Å².